The molecule has 1 aromatic carbocycles. The number of ether oxygens (including phenoxy) is 2. The molecule has 90 valence electrons. The van der Waals surface area contributed by atoms with Crippen LogP contribution in [0.4, 0.5) is 0 Å². The van der Waals surface area contributed by atoms with Crippen molar-refractivity contribution in [1.82, 2.24) is 0 Å². The van der Waals surface area contributed by atoms with Crippen LogP contribution in [0.25, 0.3) is 0 Å². The van der Waals surface area contributed by atoms with Crippen LogP contribution in [-0.2, 0) is 4.74 Å². The third-order valence-electron chi connectivity index (χ3n) is 2.57. The first-order valence-corrected chi connectivity index (χ1v) is 6.23. The van der Waals surface area contributed by atoms with Crippen LogP contribution in [0, 0.1) is 0 Å². The Morgan fingerprint density at radius 3 is 2.88 bits per heavy atom. The fourth-order valence-electron chi connectivity index (χ4n) is 1.67. The van der Waals surface area contributed by atoms with E-state index in [-0.39, 0.29) is 5.78 Å². The van der Waals surface area contributed by atoms with Gasteiger partial charge in [-0.15, -0.1) is 0 Å². The Morgan fingerprint density at radius 2 is 2.29 bits per heavy atom. The maximum atomic E-state index is 12.1. The van der Waals surface area contributed by atoms with Gasteiger partial charge in [0.2, 0.25) is 5.78 Å². The van der Waals surface area contributed by atoms with E-state index in [1.54, 1.807) is 25.3 Å². The van der Waals surface area contributed by atoms with Crippen LogP contribution in [0.15, 0.2) is 34.5 Å². The predicted molar refractivity (Wildman–Crippen MR) is 68.3 cm³/mol. The van der Waals surface area contributed by atoms with Gasteiger partial charge >= 0.3 is 0 Å². The summed E-state index contributed by atoms with van der Waals surface area (Å²) in [6, 6.07) is 5.26. The van der Waals surface area contributed by atoms with Gasteiger partial charge in [0.05, 0.1) is 18.2 Å². The molecule has 17 heavy (non-hydrogen) atoms. The Labute approximate surface area is 109 Å². The fraction of sp³-hybridized carbons (Fsp3) is 0.308. The summed E-state index contributed by atoms with van der Waals surface area (Å²) in [5.74, 6) is 1.08. The molecule has 0 unspecified atom stereocenters. The zero-order chi connectivity index (χ0) is 12.3. The molecule has 3 nitrogen and oxygen atoms in total. The van der Waals surface area contributed by atoms with E-state index in [4.69, 9.17) is 9.47 Å². The molecular formula is C13H13BrO3. The van der Waals surface area contributed by atoms with Gasteiger partial charge in [0.25, 0.3) is 0 Å². The third-order valence-corrected chi connectivity index (χ3v) is 3.19. The van der Waals surface area contributed by atoms with Crippen molar-refractivity contribution in [3.8, 4) is 5.75 Å². The molecule has 0 spiro atoms. The molecule has 0 N–H and O–H groups in total. The molecule has 2 rings (SSSR count). The largest absolute Gasteiger partial charge is 0.496 e. The highest BCUT2D eigenvalue weighted by Crippen LogP contribution is 2.27. The summed E-state index contributed by atoms with van der Waals surface area (Å²) in [5, 5.41) is 0. The molecule has 0 amide bonds. The van der Waals surface area contributed by atoms with E-state index in [1.165, 1.54) is 0 Å². The number of Topliss-reactive ketones (excluding diaryl/α,β-unsaturated/α-hetero) is 1. The zero-order valence-corrected chi connectivity index (χ0v) is 11.1. The number of halogens is 1. The van der Waals surface area contributed by atoms with E-state index in [2.05, 4.69) is 15.9 Å². The molecule has 0 radical (unpaired) electrons. The van der Waals surface area contributed by atoms with Gasteiger partial charge in [-0.2, -0.15) is 0 Å². The lowest BCUT2D eigenvalue weighted by Gasteiger charge is -2.14. The second-order valence-electron chi connectivity index (χ2n) is 3.74. The maximum absolute atomic E-state index is 12.1. The van der Waals surface area contributed by atoms with Crippen LogP contribution in [0.3, 0.4) is 0 Å². The summed E-state index contributed by atoms with van der Waals surface area (Å²) in [5.41, 5.74) is 0.603. The first-order valence-electron chi connectivity index (χ1n) is 5.43. The van der Waals surface area contributed by atoms with E-state index in [0.29, 0.717) is 23.7 Å². The minimum Gasteiger partial charge on any atom is -0.496 e. The summed E-state index contributed by atoms with van der Waals surface area (Å²) in [4.78, 5) is 12.1. The maximum Gasteiger partial charge on any atom is 0.227 e. The average Bonchev–Trinajstić information content (AvgIpc) is 2.39. The van der Waals surface area contributed by atoms with Gasteiger partial charge in [-0.25, -0.2) is 0 Å². The van der Waals surface area contributed by atoms with Crippen molar-refractivity contribution in [2.24, 2.45) is 0 Å². The smallest absolute Gasteiger partial charge is 0.227 e. The topological polar surface area (TPSA) is 35.5 Å². The second-order valence-corrected chi connectivity index (χ2v) is 4.59. The summed E-state index contributed by atoms with van der Waals surface area (Å²) >= 11 is 3.36. The summed E-state index contributed by atoms with van der Waals surface area (Å²) in [7, 11) is 1.59. The van der Waals surface area contributed by atoms with Crippen LogP contribution in [0.1, 0.15) is 23.2 Å². The van der Waals surface area contributed by atoms with Crippen molar-refractivity contribution < 1.29 is 14.3 Å². The molecule has 1 aliphatic heterocycles. The van der Waals surface area contributed by atoms with Crippen molar-refractivity contribution >= 4 is 21.7 Å². The second kappa shape index (κ2) is 5.36. The number of allylic oxidation sites excluding steroid dienone is 2. The lowest BCUT2D eigenvalue weighted by atomic mass is 10.1. The van der Waals surface area contributed by atoms with Crippen LogP contribution in [-0.4, -0.2) is 19.5 Å². The van der Waals surface area contributed by atoms with E-state index in [9.17, 15) is 4.79 Å². The number of carbonyl (C=O) groups excluding carboxylic acids is 1. The Bertz CT molecular complexity index is 466. The molecule has 0 aliphatic carbocycles. The highest BCUT2D eigenvalue weighted by Gasteiger charge is 2.17. The van der Waals surface area contributed by atoms with Crippen LogP contribution < -0.4 is 4.74 Å². The third kappa shape index (κ3) is 2.69. The molecule has 0 saturated carbocycles. The molecule has 1 aromatic rings. The Hall–Kier alpha value is -1.29. The normalized spacial score (nSPS) is 14.8. The van der Waals surface area contributed by atoms with Crippen molar-refractivity contribution in [3.63, 3.8) is 0 Å². The Morgan fingerprint density at radius 1 is 1.47 bits per heavy atom. The lowest BCUT2D eigenvalue weighted by molar-refractivity contribution is 0.0899. The number of benzene rings is 1. The monoisotopic (exact) mass is 296 g/mol. The minimum atomic E-state index is -0.0759. The van der Waals surface area contributed by atoms with Crippen molar-refractivity contribution in [2.75, 3.05) is 13.7 Å². The van der Waals surface area contributed by atoms with Crippen molar-refractivity contribution in [2.45, 2.75) is 12.8 Å². The van der Waals surface area contributed by atoms with Gasteiger partial charge in [-0.05, 0) is 53.0 Å². The summed E-state index contributed by atoms with van der Waals surface area (Å²) < 4.78 is 11.2. The van der Waals surface area contributed by atoms with Gasteiger partial charge in [-0.3, -0.25) is 4.79 Å². The van der Waals surface area contributed by atoms with Crippen LogP contribution in [0.2, 0.25) is 0 Å². The predicted octanol–water partition coefficient (Wildman–Crippen LogP) is 3.33. The molecule has 1 heterocycles. The van der Waals surface area contributed by atoms with Gasteiger partial charge in [-0.1, -0.05) is 0 Å². The molecule has 1 aliphatic rings. The number of ketones is 1. The number of hydrogen-bond acceptors (Lipinski definition) is 3. The molecule has 0 aromatic heterocycles. The highest BCUT2D eigenvalue weighted by molar-refractivity contribution is 9.10. The van der Waals surface area contributed by atoms with Gasteiger partial charge < -0.3 is 9.47 Å². The molecule has 0 fully saturated rings. The van der Waals surface area contributed by atoms with E-state index >= 15 is 0 Å². The van der Waals surface area contributed by atoms with Crippen molar-refractivity contribution in [3.05, 3.63) is 40.1 Å². The highest BCUT2D eigenvalue weighted by atomic mass is 79.9. The number of methoxy groups -OCH3 is 1. The van der Waals surface area contributed by atoms with Crippen LogP contribution >= 0.6 is 15.9 Å². The summed E-state index contributed by atoms with van der Waals surface area (Å²) in [6.07, 6.45) is 3.73. The first kappa shape index (κ1) is 12.2. The molecule has 0 bridgehead atoms. The molecule has 0 saturated heterocycles. The van der Waals surface area contributed by atoms with E-state index < -0.39 is 0 Å². The SMILES string of the molecule is COc1ccc(C(=O)C2=CCCCO2)cc1Br. The van der Waals surface area contributed by atoms with E-state index in [1.807, 2.05) is 6.08 Å². The van der Waals surface area contributed by atoms with Gasteiger partial charge in [0.1, 0.15) is 5.75 Å². The molecular weight excluding hydrogens is 284 g/mol. The quantitative estimate of drug-likeness (QED) is 0.803. The van der Waals surface area contributed by atoms with Gasteiger partial charge in [0, 0.05) is 5.56 Å². The van der Waals surface area contributed by atoms with E-state index in [0.717, 1.165) is 17.3 Å². The number of rotatable bonds is 3. The summed E-state index contributed by atoms with van der Waals surface area (Å²) in [6.45, 7) is 0.620. The molecule has 4 heteroatoms. The lowest BCUT2D eigenvalue weighted by Crippen LogP contribution is -2.11. The first-order chi connectivity index (χ1) is 8.22. The molecule has 0 atom stereocenters. The Kier molecular flexibility index (Phi) is 3.84. The zero-order valence-electron chi connectivity index (χ0n) is 9.53. The average molecular weight is 297 g/mol. The minimum absolute atomic E-state index is 0.0759. The fourth-order valence-corrected chi connectivity index (χ4v) is 2.21. The van der Waals surface area contributed by atoms with Crippen LogP contribution in [0.5, 0.6) is 5.75 Å². The van der Waals surface area contributed by atoms with Gasteiger partial charge in [0.15, 0.2) is 5.76 Å². The van der Waals surface area contributed by atoms with Crippen molar-refractivity contribution in [1.29, 1.82) is 0 Å². The Balaban J connectivity index is 2.25. The number of hydrogen-bond donors (Lipinski definition) is 0. The standard InChI is InChI=1S/C13H13BrO3/c1-16-11-6-5-9(8-10(11)14)13(15)12-4-2-3-7-17-12/h4-6,8H,2-3,7H2,1H3. The number of carbonyl (C=O) groups is 1.